The highest BCUT2D eigenvalue weighted by Gasteiger charge is 2.11. The number of nitrogens with zero attached hydrogens (tertiary/aromatic N) is 1. The predicted octanol–water partition coefficient (Wildman–Crippen LogP) is 2.28. The van der Waals surface area contributed by atoms with Crippen molar-refractivity contribution >= 4 is 5.78 Å². The van der Waals surface area contributed by atoms with Crippen LogP contribution in [-0.4, -0.2) is 17.3 Å². The van der Waals surface area contributed by atoms with Gasteiger partial charge in [0, 0.05) is 13.9 Å². The van der Waals surface area contributed by atoms with Crippen LogP contribution in [0.4, 0.5) is 0 Å². The van der Waals surface area contributed by atoms with Crippen molar-refractivity contribution in [2.75, 3.05) is 6.54 Å². The number of ketones is 1. The van der Waals surface area contributed by atoms with Crippen LogP contribution in [0.5, 0.6) is 0 Å². The zero-order valence-corrected chi connectivity index (χ0v) is 9.58. The molecule has 1 rings (SSSR count). The summed E-state index contributed by atoms with van der Waals surface area (Å²) in [6.45, 7) is 7.45. The van der Waals surface area contributed by atoms with Crippen LogP contribution in [0.15, 0.2) is 18.2 Å². The molecule has 0 aliphatic carbocycles. The first-order valence-electron chi connectivity index (χ1n) is 5.36. The standard InChI is InChI=1S/C12H18N2O.H2/c1-4-13-8-10-6-5-7-11(14-10)12(15)9(2)3;/h5-7,9,13H,4,8H2,1-3H3;1H. The maximum atomic E-state index is 11.7. The minimum Gasteiger partial charge on any atom is -0.311 e. The van der Waals surface area contributed by atoms with E-state index < -0.39 is 0 Å². The van der Waals surface area contributed by atoms with Gasteiger partial charge in [0.2, 0.25) is 0 Å². The third-order valence-corrected chi connectivity index (χ3v) is 2.14. The van der Waals surface area contributed by atoms with Crippen LogP contribution >= 0.6 is 0 Å². The maximum absolute atomic E-state index is 11.7. The van der Waals surface area contributed by atoms with E-state index in [1.807, 2.05) is 32.9 Å². The Hall–Kier alpha value is -1.22. The molecule has 84 valence electrons. The molecular formula is C12H20N2O. The molecule has 0 aliphatic heterocycles. The number of Topliss-reactive ketones (excluding diaryl/α,β-unsaturated/α-hetero) is 1. The summed E-state index contributed by atoms with van der Waals surface area (Å²) in [5.74, 6) is 0.111. The molecule has 0 spiro atoms. The molecule has 0 radical (unpaired) electrons. The molecule has 1 aromatic heterocycles. The Balaban J connectivity index is 0.00000225. The average Bonchev–Trinajstić information content (AvgIpc) is 2.25. The fraction of sp³-hybridized carbons (Fsp3) is 0.500. The Morgan fingerprint density at radius 3 is 2.87 bits per heavy atom. The zero-order valence-electron chi connectivity index (χ0n) is 9.58. The number of aromatic nitrogens is 1. The number of hydrogen-bond acceptors (Lipinski definition) is 3. The van der Waals surface area contributed by atoms with Gasteiger partial charge < -0.3 is 5.32 Å². The van der Waals surface area contributed by atoms with Crippen molar-refractivity contribution in [1.29, 1.82) is 0 Å². The van der Waals surface area contributed by atoms with Crippen LogP contribution < -0.4 is 5.32 Å². The third kappa shape index (κ3) is 3.44. The van der Waals surface area contributed by atoms with Gasteiger partial charge in [-0.2, -0.15) is 0 Å². The second-order valence-electron chi connectivity index (χ2n) is 3.81. The Kier molecular flexibility index (Phi) is 4.43. The highest BCUT2D eigenvalue weighted by atomic mass is 16.1. The first-order valence-corrected chi connectivity index (χ1v) is 5.36. The lowest BCUT2D eigenvalue weighted by atomic mass is 10.1. The van der Waals surface area contributed by atoms with Gasteiger partial charge in [-0.05, 0) is 18.7 Å². The third-order valence-electron chi connectivity index (χ3n) is 2.14. The number of carbonyl (C=O) groups is 1. The maximum Gasteiger partial charge on any atom is 0.183 e. The molecule has 1 heterocycles. The van der Waals surface area contributed by atoms with Crippen molar-refractivity contribution in [3.63, 3.8) is 0 Å². The normalized spacial score (nSPS) is 10.7. The summed E-state index contributed by atoms with van der Waals surface area (Å²) in [6, 6.07) is 5.59. The van der Waals surface area contributed by atoms with E-state index in [2.05, 4.69) is 10.3 Å². The first kappa shape index (κ1) is 11.9. The van der Waals surface area contributed by atoms with Crippen molar-refractivity contribution in [2.45, 2.75) is 27.3 Å². The topological polar surface area (TPSA) is 42.0 Å². The van der Waals surface area contributed by atoms with E-state index in [0.717, 1.165) is 18.8 Å². The molecule has 0 bridgehead atoms. The van der Waals surface area contributed by atoms with E-state index in [-0.39, 0.29) is 13.1 Å². The van der Waals surface area contributed by atoms with Crippen LogP contribution in [0.2, 0.25) is 0 Å². The smallest absolute Gasteiger partial charge is 0.183 e. The second kappa shape index (κ2) is 5.61. The average molecular weight is 208 g/mol. The molecule has 3 nitrogen and oxygen atoms in total. The van der Waals surface area contributed by atoms with Gasteiger partial charge in [-0.1, -0.05) is 26.8 Å². The van der Waals surface area contributed by atoms with E-state index >= 15 is 0 Å². The summed E-state index contributed by atoms with van der Waals surface area (Å²) in [6.07, 6.45) is 0. The van der Waals surface area contributed by atoms with Gasteiger partial charge in [0.15, 0.2) is 5.78 Å². The fourth-order valence-electron chi connectivity index (χ4n) is 1.26. The van der Waals surface area contributed by atoms with Gasteiger partial charge in [-0.3, -0.25) is 4.79 Å². The van der Waals surface area contributed by atoms with Crippen LogP contribution in [-0.2, 0) is 6.54 Å². The minimum atomic E-state index is 0. The molecule has 0 atom stereocenters. The van der Waals surface area contributed by atoms with Crippen LogP contribution in [0, 0.1) is 5.92 Å². The molecule has 0 aromatic carbocycles. The number of carbonyl (C=O) groups excluding carboxylic acids is 1. The van der Waals surface area contributed by atoms with Crippen LogP contribution in [0.1, 0.15) is 38.4 Å². The summed E-state index contributed by atoms with van der Waals surface area (Å²) in [5, 5.41) is 3.19. The van der Waals surface area contributed by atoms with Gasteiger partial charge in [0.05, 0.1) is 5.69 Å². The monoisotopic (exact) mass is 208 g/mol. The summed E-state index contributed by atoms with van der Waals surface area (Å²) in [7, 11) is 0. The summed E-state index contributed by atoms with van der Waals surface area (Å²) >= 11 is 0. The van der Waals surface area contributed by atoms with Gasteiger partial charge in [-0.25, -0.2) is 4.98 Å². The highest BCUT2D eigenvalue weighted by molar-refractivity contribution is 5.95. The number of hydrogen-bond donors (Lipinski definition) is 1. The van der Waals surface area contributed by atoms with Crippen molar-refractivity contribution in [1.82, 2.24) is 10.3 Å². The largest absolute Gasteiger partial charge is 0.311 e. The molecule has 0 unspecified atom stereocenters. The number of pyridine rings is 1. The van der Waals surface area contributed by atoms with Gasteiger partial charge in [-0.15, -0.1) is 0 Å². The SMILES string of the molecule is CCNCc1cccc(C(=O)C(C)C)n1.[HH]. The second-order valence-corrected chi connectivity index (χ2v) is 3.81. The fourth-order valence-corrected chi connectivity index (χ4v) is 1.26. The van der Waals surface area contributed by atoms with Gasteiger partial charge in [0.1, 0.15) is 5.69 Å². The molecule has 15 heavy (non-hydrogen) atoms. The van der Waals surface area contributed by atoms with E-state index in [1.54, 1.807) is 6.07 Å². The van der Waals surface area contributed by atoms with E-state index in [4.69, 9.17) is 0 Å². The molecule has 0 amide bonds. The van der Waals surface area contributed by atoms with E-state index in [0.29, 0.717) is 5.69 Å². The molecule has 1 N–H and O–H groups in total. The summed E-state index contributed by atoms with van der Waals surface area (Å²) < 4.78 is 0. The Morgan fingerprint density at radius 2 is 2.27 bits per heavy atom. The minimum absolute atomic E-state index is 0. The lowest BCUT2D eigenvalue weighted by Gasteiger charge is -2.06. The van der Waals surface area contributed by atoms with Crippen molar-refractivity contribution < 1.29 is 6.22 Å². The summed E-state index contributed by atoms with van der Waals surface area (Å²) in [5.41, 5.74) is 1.49. The van der Waals surface area contributed by atoms with E-state index in [1.165, 1.54) is 0 Å². The molecule has 0 saturated carbocycles. The Labute approximate surface area is 92.4 Å². The summed E-state index contributed by atoms with van der Waals surface area (Å²) in [4.78, 5) is 16.0. The highest BCUT2D eigenvalue weighted by Crippen LogP contribution is 2.06. The Morgan fingerprint density at radius 1 is 1.53 bits per heavy atom. The lowest BCUT2D eigenvalue weighted by molar-refractivity contribution is 0.0934. The molecular weight excluding hydrogens is 188 g/mol. The van der Waals surface area contributed by atoms with Crippen LogP contribution in [0.25, 0.3) is 0 Å². The van der Waals surface area contributed by atoms with Crippen LogP contribution in [0.3, 0.4) is 0 Å². The van der Waals surface area contributed by atoms with Gasteiger partial charge >= 0.3 is 0 Å². The van der Waals surface area contributed by atoms with E-state index in [9.17, 15) is 4.79 Å². The lowest BCUT2D eigenvalue weighted by Crippen LogP contribution is -2.15. The molecule has 0 saturated heterocycles. The Bertz CT molecular complexity index is 340. The molecule has 1 aromatic rings. The molecule has 0 aliphatic rings. The molecule has 3 heteroatoms. The van der Waals surface area contributed by atoms with Crippen molar-refractivity contribution in [2.24, 2.45) is 5.92 Å². The number of rotatable bonds is 5. The predicted molar refractivity (Wildman–Crippen MR) is 62.9 cm³/mol. The zero-order chi connectivity index (χ0) is 11.3. The van der Waals surface area contributed by atoms with Crippen molar-refractivity contribution in [3.05, 3.63) is 29.6 Å². The quantitative estimate of drug-likeness (QED) is 0.755. The molecule has 0 fully saturated rings. The number of nitrogens with one attached hydrogen (secondary N) is 1. The first-order chi connectivity index (χ1) is 7.15. The van der Waals surface area contributed by atoms with Crippen molar-refractivity contribution in [3.8, 4) is 0 Å². The van der Waals surface area contributed by atoms with Gasteiger partial charge in [0.25, 0.3) is 0 Å².